The van der Waals surface area contributed by atoms with Gasteiger partial charge in [0.15, 0.2) is 4.34 Å². The number of ether oxygens (including phenoxy) is 2. The number of thioether (sulfide) groups is 1. The van der Waals surface area contributed by atoms with Crippen molar-refractivity contribution in [2.45, 2.75) is 43.1 Å². The lowest BCUT2D eigenvalue weighted by Gasteiger charge is -2.09. The number of anilines is 1. The number of hydrogen-bond acceptors (Lipinski definition) is 7. The summed E-state index contributed by atoms with van der Waals surface area (Å²) in [7, 11) is 0. The third-order valence-electron chi connectivity index (χ3n) is 5.39. The van der Waals surface area contributed by atoms with Crippen LogP contribution in [0.2, 0.25) is 0 Å². The molecule has 7 nitrogen and oxygen atoms in total. The van der Waals surface area contributed by atoms with Crippen LogP contribution in [-0.4, -0.2) is 48.4 Å². The largest absolute Gasteiger partial charge is 0.494 e. The number of amides is 2. The zero-order valence-electron chi connectivity index (χ0n) is 19.2. The fourth-order valence-corrected chi connectivity index (χ4v) is 5.43. The molecule has 2 heterocycles. The Hall–Kier alpha value is -2.62. The van der Waals surface area contributed by atoms with E-state index in [0.29, 0.717) is 30.2 Å². The molecule has 0 spiro atoms. The quantitative estimate of drug-likeness (QED) is 0.281. The van der Waals surface area contributed by atoms with Gasteiger partial charge in [-0.25, -0.2) is 4.98 Å². The molecule has 2 N–H and O–H groups in total. The number of hydrogen-bond donors (Lipinski definition) is 2. The number of unbranched alkanes of at least 4 members (excludes halogenated alkanes) is 1. The van der Waals surface area contributed by atoms with E-state index in [1.165, 1.54) is 23.1 Å². The molecule has 0 unspecified atom stereocenters. The van der Waals surface area contributed by atoms with Crippen LogP contribution in [0.4, 0.5) is 5.69 Å². The van der Waals surface area contributed by atoms with Crippen molar-refractivity contribution >= 4 is 50.8 Å². The van der Waals surface area contributed by atoms with E-state index in [-0.39, 0.29) is 17.9 Å². The summed E-state index contributed by atoms with van der Waals surface area (Å²) in [6.07, 6.45) is 4.29. The van der Waals surface area contributed by atoms with Gasteiger partial charge in [-0.15, -0.1) is 11.3 Å². The van der Waals surface area contributed by atoms with E-state index >= 15 is 0 Å². The second-order valence-corrected chi connectivity index (χ2v) is 10.3. The summed E-state index contributed by atoms with van der Waals surface area (Å²) in [6, 6.07) is 12.8. The number of fused-ring (bicyclic) bond motifs is 1. The Morgan fingerprint density at radius 3 is 2.85 bits per heavy atom. The third-order valence-corrected chi connectivity index (χ3v) is 7.55. The topological polar surface area (TPSA) is 89.5 Å². The molecule has 180 valence electrons. The molecule has 0 aliphatic carbocycles. The smallest absolute Gasteiger partial charge is 0.255 e. The Kier molecular flexibility index (Phi) is 8.79. The maximum Gasteiger partial charge on any atom is 0.255 e. The minimum absolute atomic E-state index is 0.0190. The van der Waals surface area contributed by atoms with Crippen molar-refractivity contribution < 1.29 is 19.1 Å². The molecule has 1 atom stereocenters. The second-order valence-electron chi connectivity index (χ2n) is 8.07. The molecule has 0 radical (unpaired) electrons. The molecule has 1 fully saturated rings. The molecule has 1 aliphatic heterocycles. The Morgan fingerprint density at radius 2 is 2.09 bits per heavy atom. The Balaban J connectivity index is 1.29. The summed E-state index contributed by atoms with van der Waals surface area (Å²) in [6.45, 7) is 4.14. The molecule has 0 saturated carbocycles. The number of benzene rings is 2. The van der Waals surface area contributed by atoms with Gasteiger partial charge in [-0.1, -0.05) is 25.1 Å². The van der Waals surface area contributed by atoms with Gasteiger partial charge in [0.05, 0.1) is 28.7 Å². The van der Waals surface area contributed by atoms with E-state index in [1.54, 1.807) is 12.1 Å². The predicted octanol–water partition coefficient (Wildman–Crippen LogP) is 5.11. The third kappa shape index (κ3) is 6.94. The van der Waals surface area contributed by atoms with Gasteiger partial charge in [0.2, 0.25) is 5.91 Å². The summed E-state index contributed by atoms with van der Waals surface area (Å²) in [5, 5.41) is 5.87. The predicted molar refractivity (Wildman–Crippen MR) is 137 cm³/mol. The fraction of sp³-hybridized carbons (Fsp3) is 0.400. The number of carbonyl (C=O) groups is 2. The first kappa shape index (κ1) is 24.5. The number of nitrogens with zero attached hydrogens (tertiary/aromatic N) is 1. The van der Waals surface area contributed by atoms with Crippen molar-refractivity contribution in [1.29, 1.82) is 0 Å². The van der Waals surface area contributed by atoms with Crippen molar-refractivity contribution in [3.05, 3.63) is 48.0 Å². The average Bonchev–Trinajstić information content (AvgIpc) is 3.51. The van der Waals surface area contributed by atoms with Gasteiger partial charge in [-0.2, -0.15) is 0 Å². The van der Waals surface area contributed by atoms with Crippen molar-refractivity contribution in [3.63, 3.8) is 0 Å². The minimum atomic E-state index is -0.179. The highest BCUT2D eigenvalue weighted by Gasteiger charge is 2.16. The first-order chi connectivity index (χ1) is 16.6. The molecule has 4 rings (SSSR count). The van der Waals surface area contributed by atoms with E-state index in [0.717, 1.165) is 52.6 Å². The number of rotatable bonds is 11. The van der Waals surface area contributed by atoms with Crippen LogP contribution in [0.25, 0.3) is 10.2 Å². The number of nitrogens with one attached hydrogen (secondary N) is 2. The molecule has 1 saturated heterocycles. The normalized spacial score (nSPS) is 15.4. The van der Waals surface area contributed by atoms with E-state index in [2.05, 4.69) is 22.5 Å². The van der Waals surface area contributed by atoms with Crippen molar-refractivity contribution in [2.24, 2.45) is 0 Å². The van der Waals surface area contributed by atoms with Crippen molar-refractivity contribution in [1.82, 2.24) is 10.3 Å². The highest BCUT2D eigenvalue weighted by molar-refractivity contribution is 8.01. The zero-order valence-corrected chi connectivity index (χ0v) is 20.8. The fourth-order valence-electron chi connectivity index (χ4n) is 3.49. The number of thiazole rings is 1. The van der Waals surface area contributed by atoms with E-state index < -0.39 is 0 Å². The second kappa shape index (κ2) is 12.2. The van der Waals surface area contributed by atoms with Gasteiger partial charge in [0.1, 0.15) is 5.75 Å². The number of carbonyl (C=O) groups excluding carboxylic acids is 2. The summed E-state index contributed by atoms with van der Waals surface area (Å²) >= 11 is 2.93. The summed E-state index contributed by atoms with van der Waals surface area (Å²) in [5.41, 5.74) is 2.12. The van der Waals surface area contributed by atoms with E-state index in [1.807, 2.05) is 30.3 Å². The van der Waals surface area contributed by atoms with E-state index in [9.17, 15) is 9.59 Å². The average molecular weight is 500 g/mol. The Bertz CT molecular complexity index is 1110. The van der Waals surface area contributed by atoms with Gasteiger partial charge < -0.3 is 20.1 Å². The van der Waals surface area contributed by atoms with Crippen LogP contribution in [-0.2, 0) is 9.53 Å². The summed E-state index contributed by atoms with van der Waals surface area (Å²) < 4.78 is 13.0. The Labute approximate surface area is 207 Å². The maximum absolute atomic E-state index is 12.6. The van der Waals surface area contributed by atoms with Gasteiger partial charge in [0.25, 0.3) is 5.91 Å². The van der Waals surface area contributed by atoms with Crippen LogP contribution in [0, 0.1) is 0 Å². The molecule has 1 aliphatic rings. The monoisotopic (exact) mass is 499 g/mol. The van der Waals surface area contributed by atoms with Crippen molar-refractivity contribution in [3.8, 4) is 5.75 Å². The van der Waals surface area contributed by atoms with Crippen molar-refractivity contribution in [2.75, 3.05) is 30.8 Å². The summed E-state index contributed by atoms with van der Waals surface area (Å²) in [4.78, 5) is 29.4. The lowest BCUT2D eigenvalue weighted by atomic mass is 10.2. The van der Waals surface area contributed by atoms with E-state index in [4.69, 9.17) is 9.47 Å². The molecule has 0 bridgehead atoms. The highest BCUT2D eigenvalue weighted by atomic mass is 32.2. The van der Waals surface area contributed by atoms with Gasteiger partial charge in [-0.05, 0) is 61.7 Å². The Morgan fingerprint density at radius 1 is 1.24 bits per heavy atom. The van der Waals surface area contributed by atoms with Gasteiger partial charge >= 0.3 is 0 Å². The van der Waals surface area contributed by atoms with Crippen LogP contribution in [0.15, 0.2) is 46.8 Å². The molecule has 1 aromatic heterocycles. The van der Waals surface area contributed by atoms with Crippen LogP contribution >= 0.6 is 23.1 Å². The molecular formula is C25H29N3O4S2. The first-order valence-electron chi connectivity index (χ1n) is 11.6. The molecule has 3 aromatic rings. The lowest BCUT2D eigenvalue weighted by molar-refractivity contribution is -0.119. The highest BCUT2D eigenvalue weighted by Crippen LogP contribution is 2.31. The SMILES string of the molecule is CCCCOc1ccc(C(=O)Nc2ccc3nc(SCC(=O)NC[C@@H]4CCCO4)sc3c2)cc1. The molecular weight excluding hydrogens is 470 g/mol. The summed E-state index contributed by atoms with van der Waals surface area (Å²) in [5.74, 6) is 0.881. The minimum Gasteiger partial charge on any atom is -0.494 e. The number of aromatic nitrogens is 1. The van der Waals surface area contributed by atoms with Gasteiger partial charge in [-0.3, -0.25) is 9.59 Å². The standard InChI is InChI=1S/C25H29N3O4S2/c1-2-3-12-31-19-9-6-17(7-10-19)24(30)27-18-8-11-21-22(14-18)34-25(28-21)33-16-23(29)26-15-20-5-4-13-32-20/h6-11,14,20H,2-5,12-13,15-16H2,1H3,(H,26,29)(H,27,30)/t20-/m0/s1. The maximum atomic E-state index is 12.6. The first-order valence-corrected chi connectivity index (χ1v) is 13.4. The lowest BCUT2D eigenvalue weighted by Crippen LogP contribution is -2.32. The van der Waals surface area contributed by atoms with Gasteiger partial charge in [0, 0.05) is 24.4 Å². The van der Waals surface area contributed by atoms with Crippen LogP contribution in [0.3, 0.4) is 0 Å². The molecule has 9 heteroatoms. The van der Waals surface area contributed by atoms with Crippen LogP contribution < -0.4 is 15.4 Å². The van der Waals surface area contributed by atoms with Crippen LogP contribution in [0.1, 0.15) is 43.0 Å². The zero-order chi connectivity index (χ0) is 23.8. The molecule has 2 amide bonds. The molecule has 34 heavy (non-hydrogen) atoms. The molecule has 2 aromatic carbocycles. The van der Waals surface area contributed by atoms with Crippen LogP contribution in [0.5, 0.6) is 5.75 Å².